The summed E-state index contributed by atoms with van der Waals surface area (Å²) in [5.41, 5.74) is 2.03. The predicted molar refractivity (Wildman–Crippen MR) is 90.3 cm³/mol. The number of nitrogens with zero attached hydrogens (tertiary/aromatic N) is 2. The second kappa shape index (κ2) is 6.45. The number of anilines is 1. The summed E-state index contributed by atoms with van der Waals surface area (Å²) >= 11 is 0. The highest BCUT2D eigenvalue weighted by atomic mass is 16.2. The van der Waals surface area contributed by atoms with Crippen LogP contribution in [-0.2, 0) is 9.59 Å². The molecule has 6 nitrogen and oxygen atoms in total. The molecule has 0 bridgehead atoms. The second-order valence-electron chi connectivity index (χ2n) is 5.39. The van der Waals surface area contributed by atoms with Crippen LogP contribution in [0.5, 0.6) is 0 Å². The normalized spacial score (nSPS) is 18.1. The van der Waals surface area contributed by atoms with Gasteiger partial charge in [-0.3, -0.25) is 19.9 Å². The second-order valence-corrected chi connectivity index (χ2v) is 5.39. The molecule has 0 radical (unpaired) electrons. The monoisotopic (exact) mass is 321 g/mol. The summed E-state index contributed by atoms with van der Waals surface area (Å²) in [7, 11) is 0. The summed E-state index contributed by atoms with van der Waals surface area (Å²) in [6.45, 7) is 1.90. The minimum absolute atomic E-state index is 0.411. The molecule has 0 aliphatic carbocycles. The van der Waals surface area contributed by atoms with Crippen molar-refractivity contribution in [3.8, 4) is 0 Å². The van der Waals surface area contributed by atoms with Gasteiger partial charge in [-0.15, -0.1) is 0 Å². The number of benzene rings is 2. The number of imide groups is 2. The van der Waals surface area contributed by atoms with Crippen LogP contribution in [-0.4, -0.2) is 24.1 Å². The lowest BCUT2D eigenvalue weighted by atomic mass is 10.1. The van der Waals surface area contributed by atoms with E-state index in [1.165, 1.54) is 6.21 Å². The fourth-order valence-electron chi connectivity index (χ4n) is 2.33. The highest BCUT2D eigenvalue weighted by Gasteiger charge is 2.40. The molecule has 3 rings (SSSR count). The van der Waals surface area contributed by atoms with Gasteiger partial charge < -0.3 is 0 Å². The number of para-hydroxylation sites is 1. The van der Waals surface area contributed by atoms with Crippen LogP contribution < -0.4 is 10.2 Å². The van der Waals surface area contributed by atoms with Crippen LogP contribution >= 0.6 is 0 Å². The number of rotatable bonds is 3. The van der Waals surface area contributed by atoms with Gasteiger partial charge in [0.1, 0.15) is 0 Å². The van der Waals surface area contributed by atoms with Crippen LogP contribution in [0.2, 0.25) is 0 Å². The fourth-order valence-corrected chi connectivity index (χ4v) is 2.33. The highest BCUT2D eigenvalue weighted by Crippen LogP contribution is 2.21. The van der Waals surface area contributed by atoms with E-state index in [0.717, 1.165) is 10.5 Å². The van der Waals surface area contributed by atoms with Crippen LogP contribution in [0.25, 0.3) is 0 Å². The molecule has 24 heavy (non-hydrogen) atoms. The number of aliphatic imine (C=N–C) groups is 1. The summed E-state index contributed by atoms with van der Waals surface area (Å²) in [5, 5.41) is 2.20. The first-order valence-electron chi connectivity index (χ1n) is 7.41. The van der Waals surface area contributed by atoms with E-state index in [-0.39, 0.29) is 0 Å². The number of amides is 4. The Hall–Kier alpha value is -3.28. The van der Waals surface area contributed by atoms with E-state index in [4.69, 9.17) is 0 Å². The number of nitrogens with one attached hydrogen (secondary N) is 1. The zero-order valence-electron chi connectivity index (χ0n) is 13.0. The van der Waals surface area contributed by atoms with Crippen LogP contribution in [0.3, 0.4) is 0 Å². The molecule has 4 amide bonds. The van der Waals surface area contributed by atoms with E-state index in [0.29, 0.717) is 11.4 Å². The van der Waals surface area contributed by atoms with E-state index >= 15 is 0 Å². The third-order valence-electron chi connectivity index (χ3n) is 3.62. The Morgan fingerprint density at radius 2 is 1.67 bits per heavy atom. The molecule has 1 fully saturated rings. The van der Waals surface area contributed by atoms with Crippen molar-refractivity contribution in [2.45, 2.75) is 6.92 Å². The number of barbiturate groups is 1. The Labute approximate surface area is 138 Å². The van der Waals surface area contributed by atoms with Gasteiger partial charge >= 0.3 is 6.03 Å². The van der Waals surface area contributed by atoms with Gasteiger partial charge in [-0.1, -0.05) is 35.9 Å². The Balaban J connectivity index is 1.88. The largest absolute Gasteiger partial charge is 0.335 e. The van der Waals surface area contributed by atoms with Gasteiger partial charge in [0.05, 0.1) is 11.4 Å². The van der Waals surface area contributed by atoms with Crippen LogP contribution in [0, 0.1) is 12.8 Å². The average Bonchev–Trinajstić information content (AvgIpc) is 2.57. The Bertz CT molecular complexity index is 813. The van der Waals surface area contributed by atoms with Gasteiger partial charge in [-0.05, 0) is 31.2 Å². The number of hydrogen-bond donors (Lipinski definition) is 1. The van der Waals surface area contributed by atoms with Crippen molar-refractivity contribution in [1.29, 1.82) is 0 Å². The topological polar surface area (TPSA) is 78.8 Å². The maximum atomic E-state index is 12.6. The quantitative estimate of drug-likeness (QED) is 0.697. The molecule has 2 aromatic carbocycles. The number of hydrogen-bond acceptors (Lipinski definition) is 4. The molecule has 1 aliphatic rings. The molecule has 1 aliphatic heterocycles. The maximum absolute atomic E-state index is 12.6. The van der Waals surface area contributed by atoms with Crippen molar-refractivity contribution in [2.75, 3.05) is 4.90 Å². The Morgan fingerprint density at radius 1 is 1.00 bits per heavy atom. The van der Waals surface area contributed by atoms with E-state index in [9.17, 15) is 14.4 Å². The molecular weight excluding hydrogens is 306 g/mol. The van der Waals surface area contributed by atoms with Crippen molar-refractivity contribution in [2.24, 2.45) is 10.9 Å². The number of carbonyl (C=O) groups excluding carboxylic acids is 3. The van der Waals surface area contributed by atoms with Crippen molar-refractivity contribution < 1.29 is 14.4 Å². The fraction of sp³-hybridized carbons (Fsp3) is 0.111. The minimum Gasteiger partial charge on any atom is -0.276 e. The molecule has 0 aromatic heterocycles. The smallest absolute Gasteiger partial charge is 0.276 e. The number of urea groups is 1. The van der Waals surface area contributed by atoms with Gasteiger partial charge in [0.2, 0.25) is 5.91 Å². The number of carbonyl (C=O) groups is 3. The first kappa shape index (κ1) is 15.6. The zero-order chi connectivity index (χ0) is 17.1. The molecule has 0 spiro atoms. The lowest BCUT2D eigenvalue weighted by molar-refractivity contribution is -0.131. The van der Waals surface area contributed by atoms with Crippen molar-refractivity contribution in [3.63, 3.8) is 0 Å². The lowest BCUT2D eigenvalue weighted by Gasteiger charge is -2.28. The van der Waals surface area contributed by atoms with E-state index in [1.54, 1.807) is 48.5 Å². The van der Waals surface area contributed by atoms with Crippen molar-refractivity contribution in [3.05, 3.63) is 60.2 Å². The van der Waals surface area contributed by atoms with Crippen LogP contribution in [0.15, 0.2) is 59.6 Å². The van der Waals surface area contributed by atoms with E-state index < -0.39 is 23.8 Å². The van der Waals surface area contributed by atoms with Crippen molar-refractivity contribution in [1.82, 2.24) is 5.32 Å². The minimum atomic E-state index is -1.15. The van der Waals surface area contributed by atoms with Gasteiger partial charge in [-0.2, -0.15) is 0 Å². The Kier molecular flexibility index (Phi) is 4.20. The molecule has 0 saturated carbocycles. The lowest BCUT2D eigenvalue weighted by Crippen LogP contribution is -2.58. The standard InChI is InChI=1S/C18H15N3O3/c1-12-7-9-14(10-8-12)21-17(23)15(16(22)20-18(21)24)11-19-13-5-3-2-4-6-13/h2-11,15H,1H3,(H,20,22,24)/t15-/m1/s1. The zero-order valence-corrected chi connectivity index (χ0v) is 13.0. The first-order chi connectivity index (χ1) is 11.6. The first-order valence-corrected chi connectivity index (χ1v) is 7.41. The van der Waals surface area contributed by atoms with Crippen LogP contribution in [0.1, 0.15) is 5.56 Å². The van der Waals surface area contributed by atoms with E-state index in [1.807, 2.05) is 13.0 Å². The molecule has 6 heteroatoms. The molecule has 1 saturated heterocycles. The highest BCUT2D eigenvalue weighted by molar-refractivity contribution is 6.32. The summed E-state index contributed by atoms with van der Waals surface area (Å²) in [5.74, 6) is -2.44. The van der Waals surface area contributed by atoms with E-state index in [2.05, 4.69) is 10.3 Å². The SMILES string of the molecule is Cc1ccc(N2C(=O)NC(=O)[C@@H](C=Nc3ccccc3)C2=O)cc1. The molecular formula is C18H15N3O3. The predicted octanol–water partition coefficient (Wildman–Crippen LogP) is 2.60. The third kappa shape index (κ3) is 3.08. The number of aryl methyl sites for hydroxylation is 1. The van der Waals surface area contributed by atoms with Gasteiger partial charge in [0, 0.05) is 6.21 Å². The third-order valence-corrected chi connectivity index (χ3v) is 3.62. The molecule has 1 N–H and O–H groups in total. The summed E-state index contributed by atoms with van der Waals surface area (Å²) in [4.78, 5) is 41.8. The van der Waals surface area contributed by atoms with Crippen molar-refractivity contribution >= 4 is 35.4 Å². The summed E-state index contributed by atoms with van der Waals surface area (Å²) < 4.78 is 0. The molecule has 1 atom stereocenters. The molecule has 120 valence electrons. The summed E-state index contributed by atoms with van der Waals surface area (Å²) in [6.07, 6.45) is 1.26. The van der Waals surface area contributed by atoms with Gasteiger partial charge in [-0.25, -0.2) is 9.69 Å². The average molecular weight is 321 g/mol. The van der Waals surface area contributed by atoms with Gasteiger partial charge in [0.25, 0.3) is 5.91 Å². The molecule has 1 heterocycles. The van der Waals surface area contributed by atoms with Crippen LogP contribution in [0.4, 0.5) is 16.2 Å². The molecule has 0 unspecified atom stereocenters. The van der Waals surface area contributed by atoms with Gasteiger partial charge in [0.15, 0.2) is 5.92 Å². The maximum Gasteiger partial charge on any atom is 0.335 e. The molecule has 2 aromatic rings. The Morgan fingerprint density at radius 3 is 2.33 bits per heavy atom. The summed E-state index contributed by atoms with van der Waals surface area (Å²) in [6, 6.07) is 15.1.